The van der Waals surface area contributed by atoms with Gasteiger partial charge in [0.2, 0.25) is 11.9 Å². The van der Waals surface area contributed by atoms with Gasteiger partial charge in [0.25, 0.3) is 5.91 Å². The van der Waals surface area contributed by atoms with Crippen LogP contribution in [0.25, 0.3) is 11.1 Å². The van der Waals surface area contributed by atoms with Gasteiger partial charge in [-0.25, -0.2) is 4.98 Å². The Morgan fingerprint density at radius 2 is 1.85 bits per heavy atom. The van der Waals surface area contributed by atoms with E-state index in [1.165, 1.54) is 0 Å². The van der Waals surface area contributed by atoms with Crippen LogP contribution in [0.1, 0.15) is 35.2 Å². The smallest absolute Gasteiger partial charge is 0.253 e. The van der Waals surface area contributed by atoms with E-state index in [1.807, 2.05) is 41.3 Å². The maximum Gasteiger partial charge on any atom is 0.253 e. The second-order valence-corrected chi connectivity index (χ2v) is 10.4. The van der Waals surface area contributed by atoms with Crippen molar-refractivity contribution in [3.63, 3.8) is 0 Å². The molecule has 2 fully saturated rings. The molecule has 0 radical (unpaired) electrons. The molecule has 6 rings (SSSR count). The molecule has 1 saturated heterocycles. The molecule has 1 saturated carbocycles. The van der Waals surface area contributed by atoms with Crippen molar-refractivity contribution >= 4 is 29.3 Å². The molecule has 2 amide bonds. The molecule has 3 aliphatic rings. The standard InChI is InChI=1S/C30H29N7O2/c31-16-18-5-3-6-19(13-18)24-17-33-30(34-23-8-4-7-22(15-23)29(39)37-11-1-2-12-37)36-28(24)35-26-21-10-9-20(14-21)25(26)27(32)38/h3-10,13,15,17,20-21,25-26H,1-2,11-12,14H2,(H2,32,38)(H2,33,34,35,36). The van der Waals surface area contributed by atoms with Crippen LogP contribution in [0.5, 0.6) is 0 Å². The molecule has 2 aromatic carbocycles. The van der Waals surface area contributed by atoms with E-state index in [-0.39, 0.29) is 35.6 Å². The quantitative estimate of drug-likeness (QED) is 0.400. The number of likely N-dealkylation sites (tertiary alicyclic amines) is 1. The molecule has 4 N–H and O–H groups in total. The van der Waals surface area contributed by atoms with E-state index in [0.29, 0.717) is 34.1 Å². The van der Waals surface area contributed by atoms with E-state index in [1.54, 1.807) is 18.3 Å². The number of hydrogen-bond donors (Lipinski definition) is 3. The van der Waals surface area contributed by atoms with Gasteiger partial charge >= 0.3 is 0 Å². The third-order valence-electron chi connectivity index (χ3n) is 7.94. The molecule has 1 aliphatic heterocycles. The second-order valence-electron chi connectivity index (χ2n) is 10.4. The van der Waals surface area contributed by atoms with Gasteiger partial charge in [0, 0.05) is 42.1 Å². The van der Waals surface area contributed by atoms with E-state index in [4.69, 9.17) is 10.7 Å². The fraction of sp³-hybridized carbons (Fsp3) is 0.300. The van der Waals surface area contributed by atoms with Crippen LogP contribution in [0.4, 0.5) is 17.5 Å². The van der Waals surface area contributed by atoms with Gasteiger partial charge in [-0.15, -0.1) is 0 Å². The summed E-state index contributed by atoms with van der Waals surface area (Å²) in [6, 6.07) is 16.6. The van der Waals surface area contributed by atoms with Crippen LogP contribution in [0.15, 0.2) is 66.9 Å². The van der Waals surface area contributed by atoms with E-state index in [2.05, 4.69) is 33.8 Å². The predicted molar refractivity (Wildman–Crippen MR) is 148 cm³/mol. The largest absolute Gasteiger partial charge is 0.369 e. The molecule has 2 heterocycles. The molecule has 1 aromatic heterocycles. The van der Waals surface area contributed by atoms with Crippen molar-refractivity contribution in [2.45, 2.75) is 25.3 Å². The summed E-state index contributed by atoms with van der Waals surface area (Å²) in [7, 11) is 0. The SMILES string of the molecule is N#Cc1cccc(-c2cnc(Nc3cccc(C(=O)N4CCCC4)c3)nc2NC2C3C=CC(C3)C2C(N)=O)c1. The van der Waals surface area contributed by atoms with Crippen LogP contribution in [0.3, 0.4) is 0 Å². The Labute approximate surface area is 226 Å². The van der Waals surface area contributed by atoms with Crippen molar-refractivity contribution in [1.82, 2.24) is 14.9 Å². The summed E-state index contributed by atoms with van der Waals surface area (Å²) < 4.78 is 0. The van der Waals surface area contributed by atoms with Crippen molar-refractivity contribution in [1.29, 1.82) is 5.26 Å². The van der Waals surface area contributed by atoms with E-state index in [0.717, 1.165) is 37.9 Å². The molecular weight excluding hydrogens is 490 g/mol. The van der Waals surface area contributed by atoms with Crippen LogP contribution in [0.2, 0.25) is 0 Å². The topological polar surface area (TPSA) is 137 Å². The zero-order valence-corrected chi connectivity index (χ0v) is 21.4. The first kappa shape index (κ1) is 24.6. The highest BCUT2D eigenvalue weighted by molar-refractivity contribution is 5.95. The minimum absolute atomic E-state index is 0.0222. The third-order valence-corrected chi connectivity index (χ3v) is 7.94. The Morgan fingerprint density at radius 3 is 2.64 bits per heavy atom. The zero-order chi connectivity index (χ0) is 26.9. The Bertz CT molecular complexity index is 1510. The number of nitrogens with two attached hydrogens (primary N) is 1. The Kier molecular flexibility index (Phi) is 6.45. The molecule has 4 atom stereocenters. The molecule has 0 spiro atoms. The first-order chi connectivity index (χ1) is 19.0. The summed E-state index contributed by atoms with van der Waals surface area (Å²) in [6.07, 6.45) is 8.87. The van der Waals surface area contributed by atoms with Gasteiger partial charge < -0.3 is 21.3 Å². The number of nitrogens with zero attached hydrogens (tertiary/aromatic N) is 4. The van der Waals surface area contributed by atoms with Crippen molar-refractivity contribution in [3.05, 3.63) is 78.0 Å². The number of fused-ring (bicyclic) bond motifs is 2. The maximum absolute atomic E-state index is 12.9. The number of anilines is 3. The fourth-order valence-corrected chi connectivity index (χ4v) is 6.05. The first-order valence-electron chi connectivity index (χ1n) is 13.3. The highest BCUT2D eigenvalue weighted by Gasteiger charge is 2.47. The van der Waals surface area contributed by atoms with Gasteiger partial charge in [0.1, 0.15) is 5.82 Å². The highest BCUT2D eigenvalue weighted by Crippen LogP contribution is 2.45. The average Bonchev–Trinajstić information content (AvgIpc) is 3.72. The van der Waals surface area contributed by atoms with Gasteiger partial charge in [-0.1, -0.05) is 30.4 Å². The number of nitrogens with one attached hydrogen (secondary N) is 2. The number of carbonyl (C=O) groups is 2. The number of benzene rings is 2. The van der Waals surface area contributed by atoms with E-state index >= 15 is 0 Å². The van der Waals surface area contributed by atoms with E-state index in [9.17, 15) is 14.9 Å². The van der Waals surface area contributed by atoms with Gasteiger partial charge in [-0.2, -0.15) is 10.2 Å². The number of hydrogen-bond acceptors (Lipinski definition) is 7. The minimum atomic E-state index is -0.335. The summed E-state index contributed by atoms with van der Waals surface area (Å²) >= 11 is 0. The molecule has 4 unspecified atom stereocenters. The summed E-state index contributed by atoms with van der Waals surface area (Å²) in [5.74, 6) is 0.536. The molecular formula is C30H29N7O2. The Hall–Kier alpha value is -4.71. The van der Waals surface area contributed by atoms with Crippen molar-refractivity contribution in [3.8, 4) is 17.2 Å². The lowest BCUT2D eigenvalue weighted by Gasteiger charge is -2.28. The molecule has 3 aromatic rings. The van der Waals surface area contributed by atoms with Gasteiger partial charge in [0.15, 0.2) is 0 Å². The Balaban J connectivity index is 1.33. The van der Waals surface area contributed by atoms with Gasteiger partial charge in [0.05, 0.1) is 17.6 Å². The average molecular weight is 520 g/mol. The molecule has 9 nitrogen and oxygen atoms in total. The summed E-state index contributed by atoms with van der Waals surface area (Å²) in [5.41, 5.74) is 9.14. The molecule has 9 heteroatoms. The fourth-order valence-electron chi connectivity index (χ4n) is 6.05. The number of carbonyl (C=O) groups excluding carboxylic acids is 2. The number of nitriles is 1. The number of primary amides is 1. The molecule has 196 valence electrons. The first-order valence-corrected chi connectivity index (χ1v) is 13.3. The Morgan fingerprint density at radius 1 is 1.05 bits per heavy atom. The lowest BCUT2D eigenvalue weighted by Crippen LogP contribution is -2.41. The lowest BCUT2D eigenvalue weighted by molar-refractivity contribution is -0.122. The van der Waals surface area contributed by atoms with Crippen molar-refractivity contribution in [2.24, 2.45) is 23.5 Å². The number of amides is 2. The number of rotatable bonds is 7. The van der Waals surface area contributed by atoms with Crippen LogP contribution < -0.4 is 16.4 Å². The zero-order valence-electron chi connectivity index (χ0n) is 21.4. The summed E-state index contributed by atoms with van der Waals surface area (Å²) in [5, 5.41) is 16.2. The maximum atomic E-state index is 12.9. The molecule has 2 bridgehead atoms. The van der Waals surface area contributed by atoms with Crippen molar-refractivity contribution in [2.75, 3.05) is 23.7 Å². The molecule has 39 heavy (non-hydrogen) atoms. The molecule has 2 aliphatic carbocycles. The second kappa shape index (κ2) is 10.2. The predicted octanol–water partition coefficient (Wildman–Crippen LogP) is 4.08. The third kappa shape index (κ3) is 4.81. The van der Waals surface area contributed by atoms with Gasteiger partial charge in [-0.05, 0) is 67.0 Å². The van der Waals surface area contributed by atoms with E-state index < -0.39 is 0 Å². The van der Waals surface area contributed by atoms with Crippen molar-refractivity contribution < 1.29 is 9.59 Å². The normalized spacial score (nSPS) is 23.0. The monoisotopic (exact) mass is 519 g/mol. The summed E-state index contributed by atoms with van der Waals surface area (Å²) in [6.45, 7) is 1.57. The van der Waals surface area contributed by atoms with Crippen LogP contribution >= 0.6 is 0 Å². The van der Waals surface area contributed by atoms with Crippen LogP contribution in [0, 0.1) is 29.1 Å². The summed E-state index contributed by atoms with van der Waals surface area (Å²) in [4.78, 5) is 36.5. The highest BCUT2D eigenvalue weighted by atomic mass is 16.2. The number of aromatic nitrogens is 2. The minimum Gasteiger partial charge on any atom is -0.369 e. The lowest BCUT2D eigenvalue weighted by atomic mass is 9.88. The van der Waals surface area contributed by atoms with Crippen LogP contribution in [-0.2, 0) is 4.79 Å². The van der Waals surface area contributed by atoms with Crippen LogP contribution in [-0.4, -0.2) is 45.8 Å². The number of allylic oxidation sites excluding steroid dienone is 1. The van der Waals surface area contributed by atoms with Gasteiger partial charge in [-0.3, -0.25) is 9.59 Å².